The van der Waals surface area contributed by atoms with Crippen LogP contribution in [0.4, 0.5) is 4.79 Å². The number of primary amides is 1. The Balaban J connectivity index is 2.04. The molecule has 2 aromatic rings. The summed E-state index contributed by atoms with van der Waals surface area (Å²) in [6.07, 6.45) is -0.127. The molecule has 8 heteroatoms. The lowest BCUT2D eigenvalue weighted by atomic mass is 10.0. The molecule has 0 aromatic heterocycles. The van der Waals surface area contributed by atoms with Crippen LogP contribution in [0, 0.1) is 0 Å². The fraction of sp³-hybridized carbons (Fsp3) is 0.176. The molecule has 0 saturated carbocycles. The zero-order valence-electron chi connectivity index (χ0n) is 13.0. The first-order valence-electron chi connectivity index (χ1n) is 7.26. The molecule has 0 heterocycles. The summed E-state index contributed by atoms with van der Waals surface area (Å²) in [5.41, 5.74) is 6.38. The zero-order chi connectivity index (χ0) is 18.4. The minimum atomic E-state index is -0.765. The Kier molecular flexibility index (Phi) is 6.93. The number of esters is 1. The van der Waals surface area contributed by atoms with Gasteiger partial charge in [-0.15, -0.1) is 0 Å². The van der Waals surface area contributed by atoms with E-state index in [4.69, 9.17) is 45.3 Å². The van der Waals surface area contributed by atoms with Gasteiger partial charge < -0.3 is 15.8 Å². The number of hydrogen-bond donors (Lipinski definition) is 2. The number of rotatable bonds is 6. The molecule has 0 aliphatic rings. The van der Waals surface area contributed by atoms with Crippen molar-refractivity contribution in [3.8, 4) is 0 Å². The van der Waals surface area contributed by atoms with Gasteiger partial charge in [-0.2, -0.15) is 0 Å². The van der Waals surface area contributed by atoms with Gasteiger partial charge in [0, 0.05) is 20.6 Å². The molecule has 5 nitrogen and oxygen atoms in total. The predicted molar refractivity (Wildman–Crippen MR) is 97.8 cm³/mol. The SMILES string of the molecule is NC(=O)NC(CC(=O)OCc1ccc(Cl)cc1Cl)c1ccccc1Cl. The van der Waals surface area contributed by atoms with Crippen molar-refractivity contribution >= 4 is 46.8 Å². The van der Waals surface area contributed by atoms with Crippen molar-refractivity contribution in [1.29, 1.82) is 0 Å². The number of carbonyl (C=O) groups is 2. The summed E-state index contributed by atoms with van der Waals surface area (Å²) in [6.45, 7) is -0.0132. The number of nitrogens with one attached hydrogen (secondary N) is 1. The van der Waals surface area contributed by atoms with Crippen LogP contribution in [0.25, 0.3) is 0 Å². The van der Waals surface area contributed by atoms with Crippen molar-refractivity contribution in [2.24, 2.45) is 5.73 Å². The average molecular weight is 402 g/mol. The molecule has 3 N–H and O–H groups in total. The van der Waals surface area contributed by atoms with Crippen molar-refractivity contribution in [2.75, 3.05) is 0 Å². The van der Waals surface area contributed by atoms with Crippen molar-refractivity contribution in [2.45, 2.75) is 19.1 Å². The second kappa shape index (κ2) is 8.94. The van der Waals surface area contributed by atoms with E-state index < -0.39 is 18.0 Å². The maximum Gasteiger partial charge on any atom is 0.312 e. The monoisotopic (exact) mass is 400 g/mol. The first-order valence-corrected chi connectivity index (χ1v) is 8.40. The molecule has 0 saturated heterocycles. The molecule has 0 radical (unpaired) electrons. The molecule has 132 valence electrons. The highest BCUT2D eigenvalue weighted by atomic mass is 35.5. The first kappa shape index (κ1) is 19.4. The Morgan fingerprint density at radius 1 is 1.08 bits per heavy atom. The van der Waals surface area contributed by atoms with E-state index in [0.29, 0.717) is 26.2 Å². The molecule has 1 unspecified atom stereocenters. The van der Waals surface area contributed by atoms with Crippen LogP contribution < -0.4 is 11.1 Å². The third-order valence-electron chi connectivity index (χ3n) is 3.37. The Morgan fingerprint density at radius 2 is 1.80 bits per heavy atom. The number of amides is 2. The average Bonchev–Trinajstić information content (AvgIpc) is 2.53. The van der Waals surface area contributed by atoms with Crippen LogP contribution in [0.1, 0.15) is 23.6 Å². The number of urea groups is 1. The van der Waals surface area contributed by atoms with E-state index in [1.54, 1.807) is 42.5 Å². The third kappa shape index (κ3) is 5.81. The lowest BCUT2D eigenvalue weighted by Crippen LogP contribution is -2.34. The Bertz CT molecular complexity index is 783. The quantitative estimate of drug-likeness (QED) is 0.700. The van der Waals surface area contributed by atoms with E-state index in [-0.39, 0.29) is 13.0 Å². The van der Waals surface area contributed by atoms with E-state index in [9.17, 15) is 9.59 Å². The maximum atomic E-state index is 12.1. The van der Waals surface area contributed by atoms with Gasteiger partial charge in [0.05, 0.1) is 12.5 Å². The number of hydrogen-bond acceptors (Lipinski definition) is 3. The van der Waals surface area contributed by atoms with Gasteiger partial charge in [-0.05, 0) is 23.8 Å². The summed E-state index contributed by atoms with van der Waals surface area (Å²) >= 11 is 18.0. The van der Waals surface area contributed by atoms with E-state index in [0.717, 1.165) is 0 Å². The highest BCUT2D eigenvalue weighted by Crippen LogP contribution is 2.26. The normalized spacial score (nSPS) is 11.6. The van der Waals surface area contributed by atoms with Gasteiger partial charge in [-0.25, -0.2) is 4.79 Å². The molecule has 0 aliphatic heterocycles. The molecular weight excluding hydrogens is 387 g/mol. The van der Waals surface area contributed by atoms with E-state index in [1.807, 2.05) is 0 Å². The number of benzene rings is 2. The van der Waals surface area contributed by atoms with Crippen LogP contribution in [0.2, 0.25) is 15.1 Å². The Hall–Kier alpha value is -1.95. The molecule has 2 amide bonds. The fourth-order valence-corrected chi connectivity index (χ4v) is 2.92. The van der Waals surface area contributed by atoms with Crippen molar-refractivity contribution in [3.63, 3.8) is 0 Å². The second-order valence-electron chi connectivity index (χ2n) is 5.18. The van der Waals surface area contributed by atoms with Crippen LogP contribution in [-0.4, -0.2) is 12.0 Å². The predicted octanol–water partition coefficient (Wildman–Crippen LogP) is 4.49. The second-order valence-corrected chi connectivity index (χ2v) is 6.43. The van der Waals surface area contributed by atoms with Crippen LogP contribution in [-0.2, 0) is 16.1 Å². The van der Waals surface area contributed by atoms with Crippen LogP contribution in [0.5, 0.6) is 0 Å². The van der Waals surface area contributed by atoms with Crippen LogP contribution >= 0.6 is 34.8 Å². The fourth-order valence-electron chi connectivity index (χ4n) is 2.19. The highest BCUT2D eigenvalue weighted by molar-refractivity contribution is 6.35. The molecule has 0 aliphatic carbocycles. The van der Waals surface area contributed by atoms with Crippen LogP contribution in [0.15, 0.2) is 42.5 Å². The van der Waals surface area contributed by atoms with Crippen molar-refractivity contribution < 1.29 is 14.3 Å². The van der Waals surface area contributed by atoms with Crippen molar-refractivity contribution in [1.82, 2.24) is 5.32 Å². The number of carbonyl (C=O) groups excluding carboxylic acids is 2. The Labute approximate surface area is 160 Å². The lowest BCUT2D eigenvalue weighted by Gasteiger charge is -2.18. The summed E-state index contributed by atoms with van der Waals surface area (Å²) in [7, 11) is 0. The van der Waals surface area contributed by atoms with Gasteiger partial charge in [0.2, 0.25) is 0 Å². The standard InChI is InChI=1S/C17H15Cl3N2O3/c18-11-6-5-10(14(20)7-11)9-25-16(23)8-15(22-17(21)24)12-3-1-2-4-13(12)19/h1-7,15H,8-9H2,(H3,21,22,24). The third-order valence-corrected chi connectivity index (χ3v) is 4.30. The molecule has 2 aromatic carbocycles. The summed E-state index contributed by atoms with van der Waals surface area (Å²) in [5.74, 6) is -0.537. The summed E-state index contributed by atoms with van der Waals surface area (Å²) < 4.78 is 5.22. The largest absolute Gasteiger partial charge is 0.461 e. The van der Waals surface area contributed by atoms with Gasteiger partial charge in [0.25, 0.3) is 0 Å². The van der Waals surface area contributed by atoms with E-state index in [2.05, 4.69) is 5.32 Å². The Morgan fingerprint density at radius 3 is 2.44 bits per heavy atom. The molecule has 25 heavy (non-hydrogen) atoms. The van der Waals surface area contributed by atoms with Gasteiger partial charge in [0.1, 0.15) is 6.61 Å². The molecule has 0 fully saturated rings. The lowest BCUT2D eigenvalue weighted by molar-refractivity contribution is -0.145. The minimum absolute atomic E-state index is 0.0132. The first-order chi connectivity index (χ1) is 11.9. The van der Waals surface area contributed by atoms with Crippen molar-refractivity contribution in [3.05, 3.63) is 68.7 Å². The minimum Gasteiger partial charge on any atom is -0.461 e. The number of ether oxygens (including phenoxy) is 1. The smallest absolute Gasteiger partial charge is 0.312 e. The topological polar surface area (TPSA) is 81.4 Å². The molecule has 0 bridgehead atoms. The number of halogens is 3. The highest BCUT2D eigenvalue weighted by Gasteiger charge is 2.20. The number of nitrogens with two attached hydrogens (primary N) is 1. The summed E-state index contributed by atoms with van der Waals surface area (Å²) in [6, 6.07) is 10.3. The summed E-state index contributed by atoms with van der Waals surface area (Å²) in [5, 5.41) is 3.80. The van der Waals surface area contributed by atoms with E-state index >= 15 is 0 Å². The van der Waals surface area contributed by atoms with Crippen LogP contribution in [0.3, 0.4) is 0 Å². The van der Waals surface area contributed by atoms with Gasteiger partial charge in [-0.3, -0.25) is 4.79 Å². The molecular formula is C17H15Cl3N2O3. The molecule has 2 rings (SSSR count). The summed E-state index contributed by atoms with van der Waals surface area (Å²) in [4.78, 5) is 23.4. The van der Waals surface area contributed by atoms with Gasteiger partial charge >= 0.3 is 12.0 Å². The maximum absolute atomic E-state index is 12.1. The van der Waals surface area contributed by atoms with E-state index in [1.165, 1.54) is 0 Å². The zero-order valence-corrected chi connectivity index (χ0v) is 15.2. The molecule has 0 spiro atoms. The van der Waals surface area contributed by atoms with Gasteiger partial charge in [0.15, 0.2) is 0 Å². The van der Waals surface area contributed by atoms with Gasteiger partial charge in [-0.1, -0.05) is 59.1 Å². The molecule has 1 atom stereocenters.